The van der Waals surface area contributed by atoms with Gasteiger partial charge in [-0.15, -0.1) is 11.8 Å². The van der Waals surface area contributed by atoms with E-state index in [1.165, 1.54) is 26.1 Å². The van der Waals surface area contributed by atoms with Gasteiger partial charge in [0.1, 0.15) is 0 Å². The van der Waals surface area contributed by atoms with Gasteiger partial charge in [-0.25, -0.2) is 0 Å². The molecule has 0 amide bonds. The summed E-state index contributed by atoms with van der Waals surface area (Å²) in [6.45, 7) is 3.90. The summed E-state index contributed by atoms with van der Waals surface area (Å²) in [4.78, 5) is 21.9. The summed E-state index contributed by atoms with van der Waals surface area (Å²) in [5, 5.41) is 1.01. The summed E-state index contributed by atoms with van der Waals surface area (Å²) in [6.07, 6.45) is 4.95. The van der Waals surface area contributed by atoms with Gasteiger partial charge < -0.3 is 9.80 Å². The van der Waals surface area contributed by atoms with Crippen LogP contribution in [-0.4, -0.2) is 43.1 Å². The smallest absolute Gasteiger partial charge is 0.167 e. The molecule has 3 nitrogen and oxygen atoms in total. The lowest BCUT2D eigenvalue weighted by molar-refractivity contribution is 0.0840. The van der Waals surface area contributed by atoms with E-state index in [1.54, 1.807) is 30.0 Å². The van der Waals surface area contributed by atoms with E-state index >= 15 is 0 Å². The molecule has 0 aromatic heterocycles. The molecule has 0 saturated carbocycles. The Morgan fingerprint density at radius 3 is 2.51 bits per heavy atom. The lowest BCUT2D eigenvalue weighted by Crippen LogP contribution is -2.38. The van der Waals surface area contributed by atoms with Crippen LogP contribution >= 0.6 is 46.7 Å². The van der Waals surface area contributed by atoms with Crippen molar-refractivity contribution in [1.82, 2.24) is 4.90 Å². The number of hydrogen-bond donors (Lipinski definition) is 0. The fourth-order valence-electron chi connectivity index (χ4n) is 4.96. The normalized spacial score (nSPS) is 16.1. The van der Waals surface area contributed by atoms with Crippen LogP contribution in [0.15, 0.2) is 75.4 Å². The quantitative estimate of drug-likeness (QED) is 0.220. The van der Waals surface area contributed by atoms with Crippen LogP contribution in [0.2, 0.25) is 10.0 Å². The molecule has 0 radical (unpaired) electrons. The van der Waals surface area contributed by atoms with E-state index in [-0.39, 0.29) is 11.7 Å². The van der Waals surface area contributed by atoms with Crippen LogP contribution in [-0.2, 0) is 0 Å². The van der Waals surface area contributed by atoms with Gasteiger partial charge in [-0.05, 0) is 93.7 Å². The molecule has 3 aromatic carbocycles. The molecule has 3 aromatic rings. The predicted molar refractivity (Wildman–Crippen MR) is 150 cm³/mol. The predicted octanol–water partition coefficient (Wildman–Crippen LogP) is 8.30. The van der Waals surface area contributed by atoms with Crippen molar-refractivity contribution in [3.63, 3.8) is 0 Å². The van der Waals surface area contributed by atoms with E-state index in [0.29, 0.717) is 15.6 Å². The number of piperidine rings is 1. The van der Waals surface area contributed by atoms with Gasteiger partial charge in [-0.1, -0.05) is 47.1 Å². The van der Waals surface area contributed by atoms with Crippen LogP contribution in [0.3, 0.4) is 0 Å². The first kappa shape index (κ1) is 25.0. The van der Waals surface area contributed by atoms with Gasteiger partial charge in [-0.2, -0.15) is 0 Å². The lowest BCUT2D eigenvalue weighted by atomic mass is 9.89. The minimum absolute atomic E-state index is 0.0350. The van der Waals surface area contributed by atoms with Crippen molar-refractivity contribution in [3.8, 4) is 0 Å². The first-order valence-corrected chi connectivity index (χ1v) is 14.8. The van der Waals surface area contributed by atoms with Crippen molar-refractivity contribution >= 4 is 63.9 Å². The van der Waals surface area contributed by atoms with Crippen molar-refractivity contribution in [2.45, 2.75) is 33.9 Å². The zero-order valence-corrected chi connectivity index (χ0v) is 22.8. The van der Waals surface area contributed by atoms with Crippen LogP contribution in [0, 0.1) is 5.92 Å². The van der Waals surface area contributed by atoms with Gasteiger partial charge in [0.2, 0.25) is 0 Å². The Morgan fingerprint density at radius 1 is 0.971 bits per heavy atom. The molecule has 0 bridgehead atoms. The third-order valence-corrected chi connectivity index (χ3v) is 9.25. The Hall–Kier alpha value is -1.63. The number of halogens is 2. The number of likely N-dealkylation sites (tertiary alicyclic amines) is 1. The highest BCUT2D eigenvalue weighted by atomic mass is 35.5. The number of carbonyl (C=O) groups is 1. The maximum atomic E-state index is 13.0. The largest absolute Gasteiger partial charge is 0.340 e. The van der Waals surface area contributed by atoms with Gasteiger partial charge in [0.05, 0.1) is 16.4 Å². The van der Waals surface area contributed by atoms with Gasteiger partial charge in [0, 0.05) is 37.7 Å². The number of nitrogens with zero attached hydrogens (tertiary/aromatic N) is 2. The van der Waals surface area contributed by atoms with Gasteiger partial charge >= 0.3 is 0 Å². The molecule has 182 valence electrons. The van der Waals surface area contributed by atoms with Crippen molar-refractivity contribution in [3.05, 3.63) is 76.3 Å². The number of Topliss-reactive ketones (excluding diaryl/α,β-unsaturated/α-hetero) is 1. The van der Waals surface area contributed by atoms with E-state index in [0.717, 1.165) is 45.4 Å². The van der Waals surface area contributed by atoms with Crippen molar-refractivity contribution in [2.75, 3.05) is 37.3 Å². The van der Waals surface area contributed by atoms with Gasteiger partial charge in [-0.3, -0.25) is 4.79 Å². The summed E-state index contributed by atoms with van der Waals surface area (Å²) >= 11 is 15.9. The number of hydrogen-bond acceptors (Lipinski definition) is 5. The van der Waals surface area contributed by atoms with Gasteiger partial charge in [0.15, 0.2) is 5.78 Å². The maximum Gasteiger partial charge on any atom is 0.167 e. The molecule has 35 heavy (non-hydrogen) atoms. The molecular formula is C28H28Cl2N2OS2. The number of rotatable bonds is 7. The second-order valence-corrected chi connectivity index (χ2v) is 11.8. The van der Waals surface area contributed by atoms with Crippen molar-refractivity contribution in [1.29, 1.82) is 0 Å². The SMILES string of the molecule is CSc1ccc2c(c1)N(CCCN1CCC(C(=O)c3ccc(Cl)cc3Cl)CC1)c1ccccc1S2. The van der Waals surface area contributed by atoms with Crippen LogP contribution in [0.25, 0.3) is 0 Å². The molecule has 0 unspecified atom stereocenters. The number of thioether (sulfide) groups is 1. The zero-order valence-electron chi connectivity index (χ0n) is 19.7. The first-order chi connectivity index (χ1) is 17.0. The highest BCUT2D eigenvalue weighted by Crippen LogP contribution is 2.48. The van der Waals surface area contributed by atoms with E-state index in [2.05, 4.69) is 58.5 Å². The molecule has 5 rings (SSSR count). The lowest BCUT2D eigenvalue weighted by Gasteiger charge is -2.35. The van der Waals surface area contributed by atoms with Crippen LogP contribution < -0.4 is 4.90 Å². The number of anilines is 2. The minimum Gasteiger partial charge on any atom is -0.340 e. The number of ketones is 1. The average Bonchev–Trinajstić information content (AvgIpc) is 2.88. The highest BCUT2D eigenvalue weighted by molar-refractivity contribution is 8.00. The molecular weight excluding hydrogens is 515 g/mol. The Bertz CT molecular complexity index is 1230. The van der Waals surface area contributed by atoms with E-state index in [4.69, 9.17) is 23.2 Å². The Kier molecular flexibility index (Phi) is 8.00. The third kappa shape index (κ3) is 5.55. The van der Waals surface area contributed by atoms with Crippen LogP contribution in [0.5, 0.6) is 0 Å². The fraction of sp³-hybridized carbons (Fsp3) is 0.321. The number of carbonyl (C=O) groups excluding carboxylic acids is 1. The Balaban J connectivity index is 1.19. The summed E-state index contributed by atoms with van der Waals surface area (Å²) in [5.41, 5.74) is 3.21. The second kappa shape index (κ2) is 11.2. The Labute approximate surface area is 226 Å². The fourth-order valence-corrected chi connectivity index (χ4v) is 6.97. The molecule has 1 saturated heterocycles. The maximum absolute atomic E-state index is 13.0. The monoisotopic (exact) mass is 542 g/mol. The first-order valence-electron chi connectivity index (χ1n) is 12.0. The molecule has 2 aliphatic rings. The van der Waals surface area contributed by atoms with Crippen LogP contribution in [0.1, 0.15) is 29.6 Å². The topological polar surface area (TPSA) is 23.6 Å². The molecule has 0 spiro atoms. The summed E-state index contributed by atoms with van der Waals surface area (Å²) in [6, 6.07) is 20.6. The van der Waals surface area contributed by atoms with Crippen LogP contribution in [0.4, 0.5) is 11.4 Å². The van der Waals surface area contributed by atoms with E-state index in [9.17, 15) is 4.79 Å². The summed E-state index contributed by atoms with van der Waals surface area (Å²) in [5.74, 6) is 0.183. The summed E-state index contributed by atoms with van der Waals surface area (Å²) < 4.78 is 0. The second-order valence-electron chi connectivity index (χ2n) is 9.01. The molecule has 7 heteroatoms. The molecule has 0 atom stereocenters. The van der Waals surface area contributed by atoms with E-state index < -0.39 is 0 Å². The number of fused-ring (bicyclic) bond motifs is 2. The number of para-hydroxylation sites is 1. The third-order valence-electron chi connectivity index (χ3n) is 6.84. The standard InChI is InChI=1S/C28H28Cl2N2OS2/c1-34-21-8-10-27-25(18-21)32(24-5-2-3-6-26(24)35-27)14-4-13-31-15-11-19(12-16-31)28(33)22-9-7-20(29)17-23(22)30/h2-3,5-10,17-19H,4,11-16H2,1H3. The van der Waals surface area contributed by atoms with E-state index in [1.807, 2.05) is 11.8 Å². The highest BCUT2D eigenvalue weighted by Gasteiger charge is 2.28. The molecule has 2 aliphatic heterocycles. The average molecular weight is 544 g/mol. The Morgan fingerprint density at radius 2 is 1.74 bits per heavy atom. The zero-order chi connectivity index (χ0) is 24.4. The van der Waals surface area contributed by atoms with Crippen molar-refractivity contribution < 1.29 is 4.79 Å². The summed E-state index contributed by atoms with van der Waals surface area (Å²) in [7, 11) is 0. The van der Waals surface area contributed by atoms with Crippen molar-refractivity contribution in [2.24, 2.45) is 5.92 Å². The molecule has 0 N–H and O–H groups in total. The molecule has 2 heterocycles. The minimum atomic E-state index is 0.0350. The molecule has 0 aliphatic carbocycles. The van der Waals surface area contributed by atoms with Gasteiger partial charge in [0.25, 0.3) is 0 Å². The molecule has 1 fully saturated rings. The number of benzene rings is 3.